The summed E-state index contributed by atoms with van der Waals surface area (Å²) in [6, 6.07) is 13.1. The van der Waals surface area contributed by atoms with Crippen molar-refractivity contribution >= 4 is 33.5 Å². The standard InChI is InChI=1S/C20H22BrNO4/c1-13-4-10-18(17(21)12-13)22-20(24)14(2)26-19(23)11-7-15-5-8-16(25-3)9-6-15/h4-6,8-10,12,14H,7,11H2,1-3H3,(H,22,24)/t14-/m1/s1. The van der Waals surface area contributed by atoms with E-state index in [1.54, 1.807) is 20.1 Å². The molecule has 0 unspecified atom stereocenters. The first-order valence-electron chi connectivity index (χ1n) is 8.28. The van der Waals surface area contributed by atoms with Gasteiger partial charge in [0.25, 0.3) is 5.91 Å². The average molecular weight is 420 g/mol. The fourth-order valence-electron chi connectivity index (χ4n) is 2.30. The summed E-state index contributed by atoms with van der Waals surface area (Å²) in [5.74, 6) is -0.0114. The van der Waals surface area contributed by atoms with Gasteiger partial charge in [-0.05, 0) is 71.6 Å². The van der Waals surface area contributed by atoms with Crippen molar-refractivity contribution in [3.05, 3.63) is 58.1 Å². The molecule has 2 rings (SSSR count). The maximum absolute atomic E-state index is 12.2. The van der Waals surface area contributed by atoms with Gasteiger partial charge >= 0.3 is 5.97 Å². The molecule has 1 atom stereocenters. The number of rotatable bonds is 7. The van der Waals surface area contributed by atoms with E-state index in [1.807, 2.05) is 43.3 Å². The van der Waals surface area contributed by atoms with E-state index in [0.717, 1.165) is 21.3 Å². The lowest BCUT2D eigenvalue weighted by atomic mass is 10.1. The first-order valence-corrected chi connectivity index (χ1v) is 9.07. The normalized spacial score (nSPS) is 11.5. The molecule has 0 aliphatic carbocycles. The first-order chi connectivity index (χ1) is 12.4. The number of halogens is 1. The van der Waals surface area contributed by atoms with Crippen LogP contribution in [0.2, 0.25) is 0 Å². The molecule has 0 fully saturated rings. The highest BCUT2D eigenvalue weighted by Gasteiger charge is 2.18. The number of esters is 1. The summed E-state index contributed by atoms with van der Waals surface area (Å²) in [6.07, 6.45) is -0.120. The Labute approximate surface area is 161 Å². The number of carbonyl (C=O) groups excluding carboxylic acids is 2. The zero-order valence-corrected chi connectivity index (χ0v) is 16.6. The molecule has 6 heteroatoms. The molecular weight excluding hydrogens is 398 g/mol. The van der Waals surface area contributed by atoms with Crippen LogP contribution in [0, 0.1) is 6.92 Å². The molecule has 26 heavy (non-hydrogen) atoms. The fraction of sp³-hybridized carbons (Fsp3) is 0.300. The predicted octanol–water partition coefficient (Wildman–Crippen LogP) is 4.27. The topological polar surface area (TPSA) is 64.6 Å². The number of amides is 1. The Bertz CT molecular complexity index is 774. The number of methoxy groups -OCH3 is 1. The second-order valence-electron chi connectivity index (χ2n) is 5.95. The highest BCUT2D eigenvalue weighted by Crippen LogP contribution is 2.23. The third-order valence-corrected chi connectivity index (χ3v) is 4.49. The van der Waals surface area contributed by atoms with Gasteiger partial charge in [-0.3, -0.25) is 9.59 Å². The van der Waals surface area contributed by atoms with Gasteiger partial charge in [-0.2, -0.15) is 0 Å². The van der Waals surface area contributed by atoms with Gasteiger partial charge in [0, 0.05) is 10.9 Å². The molecular formula is C20H22BrNO4. The van der Waals surface area contributed by atoms with E-state index < -0.39 is 12.1 Å². The molecule has 0 saturated heterocycles. The Morgan fingerprint density at radius 2 is 1.85 bits per heavy atom. The zero-order valence-electron chi connectivity index (χ0n) is 15.0. The molecule has 0 aromatic heterocycles. The third kappa shape index (κ3) is 5.88. The van der Waals surface area contributed by atoms with Crippen molar-refractivity contribution in [2.24, 2.45) is 0 Å². The van der Waals surface area contributed by atoms with Gasteiger partial charge in [0.1, 0.15) is 5.75 Å². The number of nitrogens with one attached hydrogen (secondary N) is 1. The largest absolute Gasteiger partial charge is 0.497 e. The monoisotopic (exact) mass is 419 g/mol. The van der Waals surface area contributed by atoms with Crippen LogP contribution < -0.4 is 10.1 Å². The fourth-order valence-corrected chi connectivity index (χ4v) is 2.90. The molecule has 0 aliphatic rings. The van der Waals surface area contributed by atoms with E-state index >= 15 is 0 Å². The summed E-state index contributed by atoms with van der Waals surface area (Å²) < 4.78 is 11.1. The summed E-state index contributed by atoms with van der Waals surface area (Å²) >= 11 is 3.41. The molecule has 138 valence electrons. The maximum atomic E-state index is 12.2. The lowest BCUT2D eigenvalue weighted by molar-refractivity contribution is -0.153. The summed E-state index contributed by atoms with van der Waals surface area (Å²) in [6.45, 7) is 3.52. The lowest BCUT2D eigenvalue weighted by Crippen LogP contribution is -2.30. The molecule has 1 N–H and O–H groups in total. The number of anilines is 1. The molecule has 5 nitrogen and oxygen atoms in total. The van der Waals surface area contributed by atoms with E-state index in [2.05, 4.69) is 21.2 Å². The molecule has 2 aromatic carbocycles. The summed E-state index contributed by atoms with van der Waals surface area (Å²) in [7, 11) is 1.61. The van der Waals surface area contributed by atoms with Crippen LogP contribution in [0.5, 0.6) is 5.75 Å². The minimum atomic E-state index is -0.869. The van der Waals surface area contributed by atoms with E-state index in [4.69, 9.17) is 9.47 Å². The third-order valence-electron chi connectivity index (χ3n) is 3.84. The summed E-state index contributed by atoms with van der Waals surface area (Å²) in [5, 5.41) is 2.75. The van der Waals surface area contributed by atoms with Gasteiger partial charge in [-0.25, -0.2) is 0 Å². The minimum absolute atomic E-state index is 0.207. The Morgan fingerprint density at radius 1 is 1.15 bits per heavy atom. The van der Waals surface area contributed by atoms with Crippen LogP contribution in [0.15, 0.2) is 46.9 Å². The number of hydrogen-bond donors (Lipinski definition) is 1. The number of aryl methyl sites for hydroxylation is 2. The van der Waals surface area contributed by atoms with Crippen molar-refractivity contribution in [3.63, 3.8) is 0 Å². The van der Waals surface area contributed by atoms with Gasteiger partial charge in [0.15, 0.2) is 6.10 Å². The number of benzene rings is 2. The van der Waals surface area contributed by atoms with Crippen LogP contribution in [0.25, 0.3) is 0 Å². The quantitative estimate of drug-likeness (QED) is 0.680. The van der Waals surface area contributed by atoms with E-state index in [0.29, 0.717) is 12.1 Å². The Morgan fingerprint density at radius 3 is 2.46 bits per heavy atom. The van der Waals surface area contributed by atoms with Gasteiger partial charge < -0.3 is 14.8 Å². The van der Waals surface area contributed by atoms with Crippen LogP contribution in [0.1, 0.15) is 24.5 Å². The predicted molar refractivity (Wildman–Crippen MR) is 104 cm³/mol. The molecule has 0 saturated carbocycles. The molecule has 0 aliphatic heterocycles. The zero-order chi connectivity index (χ0) is 19.1. The van der Waals surface area contributed by atoms with Gasteiger partial charge in [-0.1, -0.05) is 18.2 Å². The van der Waals surface area contributed by atoms with Gasteiger partial charge in [0.2, 0.25) is 0 Å². The molecule has 0 bridgehead atoms. The Kier molecular flexibility index (Phi) is 7.21. The van der Waals surface area contributed by atoms with Crippen molar-refractivity contribution in [1.29, 1.82) is 0 Å². The van der Waals surface area contributed by atoms with E-state index in [-0.39, 0.29) is 12.3 Å². The van der Waals surface area contributed by atoms with Gasteiger partial charge in [0.05, 0.1) is 12.8 Å². The number of hydrogen-bond acceptors (Lipinski definition) is 4. The van der Waals surface area contributed by atoms with Crippen LogP contribution >= 0.6 is 15.9 Å². The molecule has 0 radical (unpaired) electrons. The Balaban J connectivity index is 1.82. The Hall–Kier alpha value is -2.34. The molecule has 0 spiro atoms. The molecule has 1 amide bonds. The van der Waals surface area contributed by atoms with Gasteiger partial charge in [-0.15, -0.1) is 0 Å². The highest BCUT2D eigenvalue weighted by molar-refractivity contribution is 9.10. The lowest BCUT2D eigenvalue weighted by Gasteiger charge is -2.14. The van der Waals surface area contributed by atoms with Crippen LogP contribution in [0.3, 0.4) is 0 Å². The first kappa shape index (κ1) is 20.0. The highest BCUT2D eigenvalue weighted by atomic mass is 79.9. The second kappa shape index (κ2) is 9.38. The summed E-state index contributed by atoms with van der Waals surface area (Å²) in [5.41, 5.74) is 2.72. The van der Waals surface area contributed by atoms with Crippen LogP contribution in [-0.4, -0.2) is 25.1 Å². The van der Waals surface area contributed by atoms with Crippen molar-refractivity contribution < 1.29 is 19.1 Å². The SMILES string of the molecule is COc1ccc(CCC(=O)O[C@H](C)C(=O)Nc2ccc(C)cc2Br)cc1. The van der Waals surface area contributed by atoms with Crippen molar-refractivity contribution in [2.75, 3.05) is 12.4 Å². The average Bonchev–Trinajstić information content (AvgIpc) is 2.62. The van der Waals surface area contributed by atoms with E-state index in [1.165, 1.54) is 0 Å². The van der Waals surface area contributed by atoms with E-state index in [9.17, 15) is 9.59 Å². The number of carbonyl (C=O) groups is 2. The molecule has 2 aromatic rings. The van der Waals surface area contributed by atoms with Crippen molar-refractivity contribution in [2.45, 2.75) is 32.8 Å². The summed E-state index contributed by atoms with van der Waals surface area (Å²) in [4.78, 5) is 24.2. The minimum Gasteiger partial charge on any atom is -0.497 e. The van der Waals surface area contributed by atoms with Crippen molar-refractivity contribution in [3.8, 4) is 5.75 Å². The number of ether oxygens (including phenoxy) is 2. The van der Waals surface area contributed by atoms with Crippen LogP contribution in [-0.2, 0) is 20.7 Å². The second-order valence-corrected chi connectivity index (χ2v) is 6.81. The van der Waals surface area contributed by atoms with Crippen molar-refractivity contribution in [1.82, 2.24) is 0 Å². The maximum Gasteiger partial charge on any atom is 0.306 e. The molecule has 0 heterocycles. The van der Waals surface area contributed by atoms with Crippen LogP contribution in [0.4, 0.5) is 5.69 Å². The smallest absolute Gasteiger partial charge is 0.306 e.